The highest BCUT2D eigenvalue weighted by molar-refractivity contribution is 6.30. The molecular weight excluding hydrogens is 350 g/mol. The van der Waals surface area contributed by atoms with Crippen LogP contribution < -0.4 is 11.5 Å². The van der Waals surface area contributed by atoms with Crippen molar-refractivity contribution < 1.29 is 5.11 Å². The van der Waals surface area contributed by atoms with Crippen LogP contribution in [0.25, 0.3) is 11.4 Å². The van der Waals surface area contributed by atoms with Crippen LogP contribution in [0.15, 0.2) is 18.2 Å². The van der Waals surface area contributed by atoms with Gasteiger partial charge in [0.1, 0.15) is 23.2 Å². The van der Waals surface area contributed by atoms with Crippen LogP contribution in [0.4, 0.5) is 5.82 Å². The molecule has 26 heavy (non-hydrogen) atoms. The van der Waals surface area contributed by atoms with Crippen molar-refractivity contribution in [2.75, 3.05) is 12.3 Å². The van der Waals surface area contributed by atoms with E-state index >= 15 is 0 Å². The minimum absolute atomic E-state index is 0.0187. The Morgan fingerprint density at radius 2 is 2.04 bits per heavy atom. The Morgan fingerprint density at radius 3 is 2.77 bits per heavy atom. The van der Waals surface area contributed by atoms with Crippen LogP contribution in [0, 0.1) is 17.2 Å². The van der Waals surface area contributed by atoms with E-state index in [2.05, 4.69) is 16.0 Å². The lowest BCUT2D eigenvalue weighted by molar-refractivity contribution is 0.439. The van der Waals surface area contributed by atoms with Crippen LogP contribution >= 0.6 is 11.6 Å². The molecule has 0 aliphatic heterocycles. The van der Waals surface area contributed by atoms with Crippen LogP contribution in [0.2, 0.25) is 5.02 Å². The second kappa shape index (κ2) is 7.90. The van der Waals surface area contributed by atoms with Crippen LogP contribution in [-0.2, 0) is 0 Å². The maximum atomic E-state index is 10.2. The van der Waals surface area contributed by atoms with Crippen LogP contribution in [0.3, 0.4) is 0 Å². The van der Waals surface area contributed by atoms with Gasteiger partial charge < -0.3 is 16.6 Å². The molecule has 0 radical (unpaired) electrons. The van der Waals surface area contributed by atoms with E-state index in [0.717, 1.165) is 32.1 Å². The smallest absolute Gasteiger partial charge is 0.165 e. The molecule has 2 atom stereocenters. The number of rotatable bonds is 3. The fraction of sp³-hybridized carbons (Fsp3) is 0.421. The average Bonchev–Trinajstić information content (AvgIpc) is 2.88. The Balaban J connectivity index is 2.10. The van der Waals surface area contributed by atoms with Crippen LogP contribution in [0.1, 0.15) is 49.3 Å². The Labute approximate surface area is 157 Å². The molecular formula is C19H22ClN5O. The van der Waals surface area contributed by atoms with Gasteiger partial charge in [-0.1, -0.05) is 24.4 Å². The Bertz CT molecular complexity index is 849. The van der Waals surface area contributed by atoms with Gasteiger partial charge in [-0.2, -0.15) is 5.26 Å². The molecule has 136 valence electrons. The second-order valence-corrected chi connectivity index (χ2v) is 7.22. The minimum Gasteiger partial charge on any atom is -0.507 e. The lowest BCUT2D eigenvalue weighted by Gasteiger charge is -2.20. The lowest BCUT2D eigenvalue weighted by atomic mass is 9.88. The van der Waals surface area contributed by atoms with Crippen molar-refractivity contribution in [3.8, 4) is 23.2 Å². The SMILES string of the molecule is N#Cc1c(N)nc(-c2cc(Cl)ccc2O)nc1C1CCCCC(CN)C1. The Morgan fingerprint density at radius 1 is 1.27 bits per heavy atom. The molecule has 1 saturated carbocycles. The van der Waals surface area contributed by atoms with Gasteiger partial charge in [-0.15, -0.1) is 0 Å². The van der Waals surface area contributed by atoms with Gasteiger partial charge in [-0.05, 0) is 49.9 Å². The number of aromatic nitrogens is 2. The molecule has 1 heterocycles. The molecule has 6 nitrogen and oxygen atoms in total. The number of aromatic hydroxyl groups is 1. The summed E-state index contributed by atoms with van der Waals surface area (Å²) < 4.78 is 0. The molecule has 0 amide bonds. The summed E-state index contributed by atoms with van der Waals surface area (Å²) in [4.78, 5) is 8.87. The lowest BCUT2D eigenvalue weighted by Crippen LogP contribution is -2.17. The second-order valence-electron chi connectivity index (χ2n) is 6.78. The molecule has 3 rings (SSSR count). The van der Waals surface area contributed by atoms with E-state index in [1.54, 1.807) is 12.1 Å². The maximum absolute atomic E-state index is 10.2. The maximum Gasteiger partial charge on any atom is 0.165 e. The number of halogens is 1. The number of hydrogen-bond donors (Lipinski definition) is 3. The molecule has 2 aromatic rings. The standard InChI is InChI=1S/C19H22ClN5O/c20-13-5-6-16(26)14(8-13)19-24-17(15(10-22)18(23)25-19)12-4-2-1-3-11(7-12)9-21/h5-6,8,11-12,26H,1-4,7,9,21H2,(H2,23,24,25). The largest absolute Gasteiger partial charge is 0.507 e. The molecule has 1 aliphatic carbocycles. The quantitative estimate of drug-likeness (QED) is 0.709. The highest BCUT2D eigenvalue weighted by Gasteiger charge is 2.26. The first-order valence-electron chi connectivity index (χ1n) is 8.80. The number of phenolic OH excluding ortho intramolecular Hbond substituents is 1. The van der Waals surface area contributed by atoms with E-state index in [1.807, 2.05) is 0 Å². The van der Waals surface area contributed by atoms with Crippen LogP contribution in [0.5, 0.6) is 5.75 Å². The molecule has 7 heteroatoms. The van der Waals surface area contributed by atoms with Gasteiger partial charge in [0.2, 0.25) is 0 Å². The van der Waals surface area contributed by atoms with Crippen molar-refractivity contribution in [3.63, 3.8) is 0 Å². The molecule has 0 spiro atoms. The van der Waals surface area contributed by atoms with Crippen molar-refractivity contribution in [1.82, 2.24) is 9.97 Å². The Kier molecular flexibility index (Phi) is 5.60. The van der Waals surface area contributed by atoms with Gasteiger partial charge in [0.15, 0.2) is 5.82 Å². The minimum atomic E-state index is 0.0187. The van der Waals surface area contributed by atoms with Gasteiger partial charge >= 0.3 is 0 Å². The fourth-order valence-electron chi connectivity index (χ4n) is 3.64. The number of phenols is 1. The van der Waals surface area contributed by atoms with E-state index in [0.29, 0.717) is 34.3 Å². The number of benzene rings is 1. The molecule has 2 unspecified atom stereocenters. The number of nitriles is 1. The van der Waals surface area contributed by atoms with E-state index in [9.17, 15) is 10.4 Å². The van der Waals surface area contributed by atoms with Gasteiger partial charge in [-0.25, -0.2) is 9.97 Å². The third-order valence-electron chi connectivity index (χ3n) is 5.03. The third-order valence-corrected chi connectivity index (χ3v) is 5.26. The van der Waals surface area contributed by atoms with E-state index in [1.165, 1.54) is 6.07 Å². The zero-order valence-electron chi connectivity index (χ0n) is 14.5. The molecule has 0 bridgehead atoms. The summed E-state index contributed by atoms with van der Waals surface area (Å²) in [6, 6.07) is 6.82. The van der Waals surface area contributed by atoms with Crippen molar-refractivity contribution >= 4 is 17.4 Å². The van der Waals surface area contributed by atoms with E-state index in [4.69, 9.17) is 23.1 Å². The zero-order chi connectivity index (χ0) is 18.7. The highest BCUT2D eigenvalue weighted by Crippen LogP contribution is 2.38. The van der Waals surface area contributed by atoms with Crippen molar-refractivity contribution in [2.45, 2.75) is 38.0 Å². The predicted octanol–water partition coefficient (Wildman–Crippen LogP) is 3.58. The Hall–Kier alpha value is -2.36. The number of anilines is 1. The van der Waals surface area contributed by atoms with Gasteiger partial charge in [0.05, 0.1) is 11.3 Å². The summed E-state index contributed by atoms with van der Waals surface area (Å²) in [6.07, 6.45) is 5.10. The normalized spacial score (nSPS) is 20.3. The summed E-state index contributed by atoms with van der Waals surface area (Å²) in [5, 5.41) is 20.2. The summed E-state index contributed by atoms with van der Waals surface area (Å²) in [5.41, 5.74) is 13.3. The summed E-state index contributed by atoms with van der Waals surface area (Å²) in [7, 11) is 0. The van der Waals surface area contributed by atoms with Crippen molar-refractivity contribution in [2.24, 2.45) is 11.7 Å². The van der Waals surface area contributed by atoms with Crippen LogP contribution in [-0.4, -0.2) is 21.6 Å². The van der Waals surface area contributed by atoms with Crippen molar-refractivity contribution in [1.29, 1.82) is 5.26 Å². The predicted molar refractivity (Wildman–Crippen MR) is 102 cm³/mol. The number of hydrogen-bond acceptors (Lipinski definition) is 6. The van der Waals surface area contributed by atoms with Gasteiger partial charge in [0, 0.05) is 10.9 Å². The van der Waals surface area contributed by atoms with Crippen molar-refractivity contribution in [3.05, 3.63) is 34.5 Å². The first kappa shape index (κ1) is 18.4. The molecule has 1 aromatic heterocycles. The molecule has 5 N–H and O–H groups in total. The highest BCUT2D eigenvalue weighted by atomic mass is 35.5. The number of nitrogens with two attached hydrogens (primary N) is 2. The first-order chi connectivity index (χ1) is 12.5. The van der Waals surface area contributed by atoms with E-state index < -0.39 is 0 Å². The molecule has 1 aliphatic rings. The number of nitrogens with zero attached hydrogens (tertiary/aromatic N) is 3. The van der Waals surface area contributed by atoms with E-state index in [-0.39, 0.29) is 23.3 Å². The first-order valence-corrected chi connectivity index (χ1v) is 9.17. The topological polar surface area (TPSA) is 122 Å². The summed E-state index contributed by atoms with van der Waals surface area (Å²) in [6.45, 7) is 0.626. The fourth-order valence-corrected chi connectivity index (χ4v) is 3.81. The molecule has 0 saturated heterocycles. The monoisotopic (exact) mass is 371 g/mol. The number of nitrogen functional groups attached to an aromatic ring is 1. The molecule has 1 aromatic carbocycles. The summed E-state index contributed by atoms with van der Waals surface area (Å²) >= 11 is 6.05. The molecule has 1 fully saturated rings. The zero-order valence-corrected chi connectivity index (χ0v) is 15.2. The average molecular weight is 372 g/mol. The third kappa shape index (κ3) is 3.74. The summed E-state index contributed by atoms with van der Waals surface area (Å²) in [5.74, 6) is 0.940. The van der Waals surface area contributed by atoms with Gasteiger partial charge in [0.25, 0.3) is 0 Å². The van der Waals surface area contributed by atoms with Gasteiger partial charge in [-0.3, -0.25) is 0 Å².